The fourth-order valence-electron chi connectivity index (χ4n) is 8.86. The molecular weight excluding hydrogens is 659 g/mol. The van der Waals surface area contributed by atoms with Crippen LogP contribution in [-0.4, -0.2) is 89.1 Å². The third-order valence-corrected chi connectivity index (χ3v) is 15.9. The molecule has 0 bridgehead atoms. The first kappa shape index (κ1) is 38.3. The SMILES string of the molecule is C=C(C)[C@H](NC(=O)NC1([C@@H](C)S(=O)(=O)C(C)(C)C)CCCCC1)C(=O)N1C[C@H]2[C@@H]([C@H]1C(=O)N[C@]1(C(=O)C(=O)NCC3CC3)C[C@@H]1CC)C2(C)C. The number of carbonyl (C=O) groups is 5. The normalized spacial score (nSPS) is 30.6. The van der Waals surface area contributed by atoms with Gasteiger partial charge in [-0.2, -0.15) is 0 Å². The maximum absolute atomic E-state index is 14.3. The number of Topliss-reactive ketones (excluding diaryl/α,β-unsaturated/α-hetero) is 1. The van der Waals surface area contributed by atoms with Gasteiger partial charge in [-0.15, -0.1) is 0 Å². The lowest BCUT2D eigenvalue weighted by Crippen LogP contribution is -2.64. The minimum atomic E-state index is -3.64. The molecule has 13 heteroatoms. The second-order valence-electron chi connectivity index (χ2n) is 17.5. The number of ketones is 1. The molecule has 7 atom stereocenters. The largest absolute Gasteiger partial charge is 0.349 e. The Morgan fingerprint density at radius 1 is 1.00 bits per heavy atom. The fraction of sp³-hybridized carbons (Fsp3) is 0.811. The van der Waals surface area contributed by atoms with Crippen LogP contribution in [0.3, 0.4) is 0 Å². The molecule has 4 saturated carbocycles. The molecule has 0 aromatic heterocycles. The Hall–Kier alpha value is -2.96. The van der Waals surface area contributed by atoms with E-state index in [2.05, 4.69) is 41.7 Å². The third kappa shape index (κ3) is 6.84. The molecule has 50 heavy (non-hydrogen) atoms. The molecule has 0 radical (unpaired) electrons. The molecule has 0 spiro atoms. The summed E-state index contributed by atoms with van der Waals surface area (Å²) in [5, 5.41) is 10.6. The summed E-state index contributed by atoms with van der Waals surface area (Å²) in [7, 11) is -3.64. The molecule has 5 fully saturated rings. The Morgan fingerprint density at radius 2 is 1.62 bits per heavy atom. The van der Waals surface area contributed by atoms with Gasteiger partial charge in [0.05, 0.1) is 15.5 Å². The van der Waals surface area contributed by atoms with Crippen molar-refractivity contribution in [1.82, 2.24) is 26.2 Å². The standard InChI is InChI=1S/C37H59N5O7S/c1-10-24-18-37(24,29(43)31(45)38-19-23-14-15-23)40-30(44)28-26-25(35(26,8)9)20-42(28)32(46)27(21(2)3)39-33(47)41-36(16-12-11-13-17-36)22(4)50(48,49)34(5,6)7/h22-28H,2,10-20H2,1,3-9H3,(H,38,45)(H,40,44)(H2,39,41,47)/t22-,24+,25+,26+,27+,28+,37-/m1/s1. The summed E-state index contributed by atoms with van der Waals surface area (Å²) in [6, 6.07) is -2.73. The smallest absolute Gasteiger partial charge is 0.316 e. The minimum Gasteiger partial charge on any atom is -0.349 e. The zero-order valence-electron chi connectivity index (χ0n) is 31.2. The number of rotatable bonds is 13. The van der Waals surface area contributed by atoms with Gasteiger partial charge in [-0.25, -0.2) is 13.2 Å². The van der Waals surface area contributed by atoms with Gasteiger partial charge in [0.15, 0.2) is 9.84 Å². The van der Waals surface area contributed by atoms with E-state index in [0.717, 1.165) is 32.1 Å². The van der Waals surface area contributed by atoms with Gasteiger partial charge in [-0.05, 0) is 101 Å². The van der Waals surface area contributed by atoms with Gasteiger partial charge < -0.3 is 26.2 Å². The van der Waals surface area contributed by atoms with E-state index < -0.39 is 72.5 Å². The molecule has 4 aliphatic carbocycles. The first-order valence-corrected chi connectivity index (χ1v) is 20.1. The molecule has 280 valence electrons. The van der Waals surface area contributed by atoms with E-state index in [-0.39, 0.29) is 23.2 Å². The molecule has 0 unspecified atom stereocenters. The molecular formula is C37H59N5O7S. The van der Waals surface area contributed by atoms with Crippen LogP contribution < -0.4 is 21.3 Å². The molecule has 5 amide bonds. The van der Waals surface area contributed by atoms with Crippen LogP contribution in [-0.2, 0) is 29.0 Å². The highest BCUT2D eigenvalue weighted by Crippen LogP contribution is 2.65. The van der Waals surface area contributed by atoms with Crippen molar-refractivity contribution in [1.29, 1.82) is 0 Å². The van der Waals surface area contributed by atoms with Crippen LogP contribution >= 0.6 is 0 Å². The number of hydrogen-bond acceptors (Lipinski definition) is 7. The first-order chi connectivity index (χ1) is 23.1. The number of likely N-dealkylation sites (tertiary alicyclic amines) is 1. The van der Waals surface area contributed by atoms with Crippen molar-refractivity contribution in [2.75, 3.05) is 13.1 Å². The highest BCUT2D eigenvalue weighted by atomic mass is 32.2. The van der Waals surface area contributed by atoms with Gasteiger partial charge in [-0.1, -0.05) is 53.0 Å². The maximum atomic E-state index is 14.3. The van der Waals surface area contributed by atoms with Crippen LogP contribution in [0.25, 0.3) is 0 Å². The molecule has 0 aromatic carbocycles. The summed E-state index contributed by atoms with van der Waals surface area (Å²) in [5.41, 5.74) is -2.15. The highest BCUT2D eigenvalue weighted by Gasteiger charge is 2.71. The number of fused-ring (bicyclic) bond motifs is 1. The van der Waals surface area contributed by atoms with E-state index in [1.54, 1.807) is 34.6 Å². The Labute approximate surface area is 298 Å². The predicted octanol–water partition coefficient (Wildman–Crippen LogP) is 3.40. The van der Waals surface area contributed by atoms with Crippen LogP contribution in [0.1, 0.15) is 113 Å². The van der Waals surface area contributed by atoms with E-state index in [1.807, 2.05) is 6.92 Å². The van der Waals surface area contributed by atoms with Crippen LogP contribution in [0.2, 0.25) is 0 Å². The van der Waals surface area contributed by atoms with Crippen molar-refractivity contribution in [3.8, 4) is 0 Å². The van der Waals surface area contributed by atoms with Crippen molar-refractivity contribution in [2.45, 2.75) is 146 Å². The highest BCUT2D eigenvalue weighted by molar-refractivity contribution is 7.93. The summed E-state index contributed by atoms with van der Waals surface area (Å²) in [6.45, 7) is 19.0. The number of hydrogen-bond donors (Lipinski definition) is 4. The van der Waals surface area contributed by atoms with Gasteiger partial charge in [0.1, 0.15) is 17.6 Å². The van der Waals surface area contributed by atoms with Crippen molar-refractivity contribution in [3.05, 3.63) is 12.2 Å². The van der Waals surface area contributed by atoms with Crippen molar-refractivity contribution in [3.63, 3.8) is 0 Å². The molecule has 4 N–H and O–H groups in total. The van der Waals surface area contributed by atoms with E-state index in [0.29, 0.717) is 50.3 Å². The second-order valence-corrected chi connectivity index (χ2v) is 20.6. The average molecular weight is 718 g/mol. The lowest BCUT2D eigenvalue weighted by atomic mass is 9.79. The van der Waals surface area contributed by atoms with Gasteiger partial charge in [0, 0.05) is 13.1 Å². The van der Waals surface area contributed by atoms with Gasteiger partial charge in [-0.3, -0.25) is 19.2 Å². The Bertz CT molecular complexity index is 1540. The lowest BCUT2D eigenvalue weighted by molar-refractivity contribution is -0.144. The Morgan fingerprint density at radius 3 is 2.14 bits per heavy atom. The van der Waals surface area contributed by atoms with Gasteiger partial charge in [0.25, 0.3) is 5.91 Å². The number of urea groups is 1. The number of nitrogens with zero attached hydrogens (tertiary/aromatic N) is 1. The molecule has 1 aliphatic heterocycles. The van der Waals surface area contributed by atoms with E-state index in [9.17, 15) is 32.4 Å². The van der Waals surface area contributed by atoms with E-state index in [4.69, 9.17) is 0 Å². The maximum Gasteiger partial charge on any atom is 0.316 e. The Balaban J connectivity index is 1.33. The van der Waals surface area contributed by atoms with Crippen LogP contribution in [0.5, 0.6) is 0 Å². The zero-order chi connectivity index (χ0) is 37.2. The molecule has 0 aromatic rings. The summed E-state index contributed by atoms with van der Waals surface area (Å²) in [5.74, 6) is -2.18. The summed E-state index contributed by atoms with van der Waals surface area (Å²) in [6.07, 6.45) is 6.49. The van der Waals surface area contributed by atoms with Gasteiger partial charge >= 0.3 is 6.03 Å². The average Bonchev–Trinajstić information content (AvgIpc) is 4.00. The van der Waals surface area contributed by atoms with Crippen molar-refractivity contribution >= 4 is 39.4 Å². The van der Waals surface area contributed by atoms with Gasteiger partial charge in [0.2, 0.25) is 17.6 Å². The number of sulfone groups is 1. The summed E-state index contributed by atoms with van der Waals surface area (Å²) < 4.78 is 26.2. The van der Waals surface area contributed by atoms with Crippen LogP contribution in [0, 0.1) is 29.1 Å². The molecule has 1 saturated heterocycles. The quantitative estimate of drug-likeness (QED) is 0.167. The van der Waals surface area contributed by atoms with E-state index in [1.165, 1.54) is 4.90 Å². The topological polar surface area (TPSA) is 171 Å². The number of amides is 5. The molecule has 5 aliphatic rings. The molecule has 1 heterocycles. The number of carbonyl (C=O) groups excluding carboxylic acids is 5. The van der Waals surface area contributed by atoms with Crippen molar-refractivity contribution in [2.24, 2.45) is 29.1 Å². The number of piperidine rings is 1. The summed E-state index contributed by atoms with van der Waals surface area (Å²) >= 11 is 0. The Kier molecular flexibility index (Phi) is 10.1. The van der Waals surface area contributed by atoms with Crippen molar-refractivity contribution < 1.29 is 32.4 Å². The zero-order valence-corrected chi connectivity index (χ0v) is 32.1. The fourth-order valence-corrected chi connectivity index (χ4v) is 10.8. The second kappa shape index (κ2) is 13.2. The molecule has 5 rings (SSSR count). The number of nitrogens with one attached hydrogen (secondary N) is 4. The third-order valence-electron chi connectivity index (χ3n) is 12.8. The monoisotopic (exact) mass is 717 g/mol. The lowest BCUT2D eigenvalue weighted by Gasteiger charge is -2.44. The summed E-state index contributed by atoms with van der Waals surface area (Å²) in [4.78, 5) is 70.1. The first-order valence-electron chi connectivity index (χ1n) is 18.6. The predicted molar refractivity (Wildman–Crippen MR) is 190 cm³/mol. The van der Waals surface area contributed by atoms with Crippen LogP contribution in [0.4, 0.5) is 4.79 Å². The minimum absolute atomic E-state index is 0.0467. The van der Waals surface area contributed by atoms with E-state index >= 15 is 0 Å². The molecule has 12 nitrogen and oxygen atoms in total. The van der Waals surface area contributed by atoms with Crippen LogP contribution in [0.15, 0.2) is 12.2 Å².